The van der Waals surface area contributed by atoms with Crippen molar-refractivity contribution in [1.82, 2.24) is 4.90 Å². The summed E-state index contributed by atoms with van der Waals surface area (Å²) in [6.45, 7) is 0. The maximum atomic E-state index is 11.7. The van der Waals surface area contributed by atoms with Crippen molar-refractivity contribution in [2.24, 2.45) is 0 Å². The van der Waals surface area contributed by atoms with Gasteiger partial charge in [0.25, 0.3) is 5.91 Å². The van der Waals surface area contributed by atoms with E-state index in [-0.39, 0.29) is 28.7 Å². The van der Waals surface area contributed by atoms with Crippen LogP contribution in [0.4, 0.5) is 11.4 Å². The standard InChI is InChI=1S/C11H10ClN3O4/c1-14-9(16)5-8(11(14)17)13-7-4-2-3-6(12)10(7)15(18)19/h2-4,8,13H,5H2,1H3. The van der Waals surface area contributed by atoms with Crippen molar-refractivity contribution in [1.29, 1.82) is 0 Å². The molecule has 1 saturated heterocycles. The topological polar surface area (TPSA) is 92.6 Å². The highest BCUT2D eigenvalue weighted by Crippen LogP contribution is 2.33. The molecular formula is C11H10ClN3O4. The predicted octanol–water partition coefficient (Wildman–Crippen LogP) is 1.42. The molecular weight excluding hydrogens is 274 g/mol. The van der Waals surface area contributed by atoms with Gasteiger partial charge in [0.2, 0.25) is 5.91 Å². The minimum absolute atomic E-state index is 0.0277. The number of para-hydroxylation sites is 1. The molecule has 1 aliphatic heterocycles. The second-order valence-corrected chi connectivity index (χ2v) is 4.49. The van der Waals surface area contributed by atoms with Crippen molar-refractivity contribution in [3.8, 4) is 0 Å². The molecule has 1 N–H and O–H groups in total. The molecule has 0 aromatic heterocycles. The number of carbonyl (C=O) groups is 2. The van der Waals surface area contributed by atoms with Crippen molar-refractivity contribution < 1.29 is 14.5 Å². The molecule has 2 amide bonds. The molecule has 1 aromatic carbocycles. The van der Waals surface area contributed by atoms with Crippen LogP contribution in [0.3, 0.4) is 0 Å². The number of hydrogen-bond acceptors (Lipinski definition) is 5. The Labute approximate surface area is 113 Å². The average molecular weight is 284 g/mol. The van der Waals surface area contributed by atoms with Crippen LogP contribution in [-0.2, 0) is 9.59 Å². The number of nitro benzene ring substituents is 1. The van der Waals surface area contributed by atoms with E-state index in [0.717, 1.165) is 4.90 Å². The van der Waals surface area contributed by atoms with Crippen LogP contribution in [0.5, 0.6) is 0 Å². The molecule has 1 fully saturated rings. The van der Waals surface area contributed by atoms with Gasteiger partial charge in [0.15, 0.2) is 0 Å². The van der Waals surface area contributed by atoms with Gasteiger partial charge in [-0.1, -0.05) is 17.7 Å². The highest BCUT2D eigenvalue weighted by molar-refractivity contribution is 6.33. The van der Waals surface area contributed by atoms with E-state index < -0.39 is 16.9 Å². The lowest BCUT2D eigenvalue weighted by molar-refractivity contribution is -0.383. The van der Waals surface area contributed by atoms with E-state index in [4.69, 9.17) is 11.6 Å². The molecule has 1 heterocycles. The largest absolute Gasteiger partial charge is 0.368 e. The number of halogens is 1. The lowest BCUT2D eigenvalue weighted by atomic mass is 10.2. The fourth-order valence-corrected chi connectivity index (χ4v) is 2.12. The van der Waals surface area contributed by atoms with Gasteiger partial charge in [-0.15, -0.1) is 0 Å². The summed E-state index contributed by atoms with van der Waals surface area (Å²) in [5.74, 6) is -0.744. The SMILES string of the molecule is CN1C(=O)CC(Nc2cccc(Cl)c2[N+](=O)[O-])C1=O. The molecule has 1 aromatic rings. The monoisotopic (exact) mass is 283 g/mol. The van der Waals surface area contributed by atoms with Gasteiger partial charge in [0, 0.05) is 7.05 Å². The van der Waals surface area contributed by atoms with Crippen molar-refractivity contribution in [2.45, 2.75) is 12.5 Å². The zero-order chi connectivity index (χ0) is 14.2. The van der Waals surface area contributed by atoms with Crippen molar-refractivity contribution >= 4 is 34.8 Å². The average Bonchev–Trinajstić information content (AvgIpc) is 2.57. The molecule has 1 aliphatic rings. The van der Waals surface area contributed by atoms with Crippen molar-refractivity contribution in [3.63, 3.8) is 0 Å². The van der Waals surface area contributed by atoms with Crippen LogP contribution in [0.2, 0.25) is 5.02 Å². The highest BCUT2D eigenvalue weighted by atomic mass is 35.5. The first-order valence-corrected chi connectivity index (χ1v) is 5.79. The molecule has 0 radical (unpaired) electrons. The Morgan fingerprint density at radius 3 is 2.68 bits per heavy atom. The summed E-state index contributed by atoms with van der Waals surface area (Å²) in [6.07, 6.45) is -0.0288. The van der Waals surface area contributed by atoms with E-state index in [2.05, 4.69) is 5.32 Å². The van der Waals surface area contributed by atoms with E-state index in [1.54, 1.807) is 0 Å². The number of amides is 2. The highest BCUT2D eigenvalue weighted by Gasteiger charge is 2.37. The molecule has 7 nitrogen and oxygen atoms in total. The Balaban J connectivity index is 2.30. The van der Waals surface area contributed by atoms with Crippen molar-refractivity contribution in [3.05, 3.63) is 33.3 Å². The summed E-state index contributed by atoms with van der Waals surface area (Å²) >= 11 is 5.76. The molecule has 1 unspecified atom stereocenters. The van der Waals surface area contributed by atoms with Crippen LogP contribution in [0, 0.1) is 10.1 Å². The molecule has 2 rings (SSSR count). The van der Waals surface area contributed by atoms with Gasteiger partial charge in [-0.05, 0) is 12.1 Å². The van der Waals surface area contributed by atoms with E-state index >= 15 is 0 Å². The van der Waals surface area contributed by atoms with E-state index in [1.165, 1.54) is 25.2 Å². The Bertz CT molecular complexity index is 575. The summed E-state index contributed by atoms with van der Waals surface area (Å²) in [4.78, 5) is 34.4. The van der Waals surface area contributed by atoms with Gasteiger partial charge in [-0.3, -0.25) is 24.6 Å². The Morgan fingerprint density at radius 1 is 1.47 bits per heavy atom. The van der Waals surface area contributed by atoms with Crippen LogP contribution in [0.15, 0.2) is 18.2 Å². The summed E-state index contributed by atoms with van der Waals surface area (Å²) in [6, 6.07) is 3.57. The molecule has 19 heavy (non-hydrogen) atoms. The molecule has 100 valence electrons. The normalized spacial score (nSPS) is 18.8. The zero-order valence-corrected chi connectivity index (χ0v) is 10.7. The molecule has 0 aliphatic carbocycles. The van der Waals surface area contributed by atoms with E-state index in [1.807, 2.05) is 0 Å². The quantitative estimate of drug-likeness (QED) is 0.514. The zero-order valence-electron chi connectivity index (χ0n) is 9.92. The molecule has 0 saturated carbocycles. The number of likely N-dealkylation sites (tertiary alicyclic amines) is 1. The van der Waals surface area contributed by atoms with Crippen LogP contribution in [0.25, 0.3) is 0 Å². The lowest BCUT2D eigenvalue weighted by Gasteiger charge is -2.12. The number of likely N-dealkylation sites (N-methyl/N-ethyl adjacent to an activating group) is 1. The third kappa shape index (κ3) is 2.37. The predicted molar refractivity (Wildman–Crippen MR) is 67.9 cm³/mol. The number of nitrogens with zero attached hydrogens (tertiary/aromatic N) is 2. The Kier molecular flexibility index (Phi) is 3.39. The van der Waals surface area contributed by atoms with Gasteiger partial charge < -0.3 is 5.32 Å². The van der Waals surface area contributed by atoms with Crippen LogP contribution < -0.4 is 5.32 Å². The second-order valence-electron chi connectivity index (χ2n) is 4.09. The first-order valence-electron chi connectivity index (χ1n) is 5.41. The summed E-state index contributed by atoms with van der Waals surface area (Å²) in [7, 11) is 1.37. The Hall–Kier alpha value is -2.15. The van der Waals surface area contributed by atoms with E-state index in [0.29, 0.717) is 0 Å². The van der Waals surface area contributed by atoms with Crippen LogP contribution >= 0.6 is 11.6 Å². The third-order valence-electron chi connectivity index (χ3n) is 2.88. The minimum atomic E-state index is -0.797. The van der Waals surface area contributed by atoms with Crippen molar-refractivity contribution in [2.75, 3.05) is 12.4 Å². The number of hydrogen-bond donors (Lipinski definition) is 1. The smallest absolute Gasteiger partial charge is 0.310 e. The number of nitro groups is 1. The van der Waals surface area contributed by atoms with E-state index in [9.17, 15) is 19.7 Å². The summed E-state index contributed by atoms with van der Waals surface area (Å²) < 4.78 is 0. The molecule has 1 atom stereocenters. The first kappa shape index (κ1) is 13.3. The van der Waals surface area contributed by atoms with Crippen LogP contribution in [0.1, 0.15) is 6.42 Å². The molecule has 0 spiro atoms. The second kappa shape index (κ2) is 4.85. The van der Waals surface area contributed by atoms with Gasteiger partial charge in [-0.2, -0.15) is 0 Å². The number of rotatable bonds is 3. The van der Waals surface area contributed by atoms with Gasteiger partial charge in [-0.25, -0.2) is 0 Å². The summed E-state index contributed by atoms with van der Waals surface area (Å²) in [5, 5.41) is 13.6. The number of imide groups is 1. The maximum Gasteiger partial charge on any atom is 0.310 e. The number of carbonyl (C=O) groups excluding carboxylic acids is 2. The minimum Gasteiger partial charge on any atom is -0.368 e. The van der Waals surface area contributed by atoms with Crippen LogP contribution in [-0.4, -0.2) is 34.7 Å². The third-order valence-corrected chi connectivity index (χ3v) is 3.19. The number of benzene rings is 1. The van der Waals surface area contributed by atoms with Gasteiger partial charge in [0.05, 0.1) is 11.3 Å². The maximum absolute atomic E-state index is 11.7. The first-order chi connectivity index (χ1) is 8.91. The molecule has 0 bridgehead atoms. The van der Waals surface area contributed by atoms with Gasteiger partial charge in [0.1, 0.15) is 16.8 Å². The lowest BCUT2D eigenvalue weighted by Crippen LogP contribution is -2.31. The van der Waals surface area contributed by atoms with Gasteiger partial charge >= 0.3 is 5.69 Å². The fourth-order valence-electron chi connectivity index (χ4n) is 1.87. The number of nitrogens with one attached hydrogen (secondary N) is 1. The Morgan fingerprint density at radius 2 is 2.16 bits per heavy atom. The fraction of sp³-hybridized carbons (Fsp3) is 0.273. The summed E-state index contributed by atoms with van der Waals surface area (Å²) in [5.41, 5.74) is -0.182. The number of anilines is 1. The molecule has 8 heteroatoms.